The maximum Gasteiger partial charge on any atom is 0.213 e. The maximum absolute atomic E-state index is 11.8. The first kappa shape index (κ1) is 16.8. The van der Waals surface area contributed by atoms with Gasteiger partial charge in [0.05, 0.1) is 12.3 Å². The maximum atomic E-state index is 11.8. The zero-order valence-corrected chi connectivity index (χ0v) is 13.7. The number of nitrogens with zero attached hydrogens (tertiary/aromatic N) is 1. The van der Waals surface area contributed by atoms with Gasteiger partial charge in [0.1, 0.15) is 0 Å². The summed E-state index contributed by atoms with van der Waals surface area (Å²) in [5.41, 5.74) is 7.74. The molecule has 1 aliphatic rings. The van der Waals surface area contributed by atoms with Gasteiger partial charge in [-0.1, -0.05) is 24.1 Å². The van der Waals surface area contributed by atoms with Gasteiger partial charge in [-0.3, -0.25) is 4.99 Å². The molecule has 1 aliphatic carbocycles. The Hall–Kier alpha value is -1.60. The lowest BCUT2D eigenvalue weighted by Gasteiger charge is -2.25. The Morgan fingerprint density at radius 3 is 2.59 bits per heavy atom. The van der Waals surface area contributed by atoms with Crippen molar-refractivity contribution in [1.82, 2.24) is 4.72 Å². The smallest absolute Gasteiger partial charge is 0.213 e. The molecule has 0 unspecified atom stereocenters. The molecule has 1 aromatic carbocycles. The Morgan fingerprint density at radius 2 is 2.00 bits per heavy atom. The molecule has 4 N–H and O–H groups in total. The van der Waals surface area contributed by atoms with Crippen LogP contribution in [0.3, 0.4) is 0 Å². The van der Waals surface area contributed by atoms with Gasteiger partial charge >= 0.3 is 0 Å². The second-order valence-electron chi connectivity index (χ2n) is 5.72. The van der Waals surface area contributed by atoms with E-state index < -0.39 is 10.0 Å². The zero-order chi connectivity index (χ0) is 16.0. The molecule has 22 heavy (non-hydrogen) atoms. The third-order valence-corrected chi connectivity index (χ3v) is 5.11. The monoisotopic (exact) mass is 324 g/mol. The molecular weight excluding hydrogens is 300 g/mol. The van der Waals surface area contributed by atoms with Crippen LogP contribution in [0.2, 0.25) is 0 Å². The Kier molecular flexibility index (Phi) is 5.79. The Balaban J connectivity index is 1.74. The normalized spacial score (nSPS) is 16.3. The van der Waals surface area contributed by atoms with Crippen LogP contribution in [0.15, 0.2) is 29.3 Å². The van der Waals surface area contributed by atoms with Crippen LogP contribution in [0, 0.1) is 12.8 Å². The van der Waals surface area contributed by atoms with Gasteiger partial charge in [-0.2, -0.15) is 0 Å². The summed E-state index contributed by atoms with van der Waals surface area (Å²) in [5, 5.41) is 2.94. The largest absolute Gasteiger partial charge is 0.370 e. The van der Waals surface area contributed by atoms with Crippen LogP contribution in [0.25, 0.3) is 0 Å². The lowest BCUT2D eigenvalue weighted by Crippen LogP contribution is -2.34. The number of rotatable bonds is 7. The van der Waals surface area contributed by atoms with Crippen molar-refractivity contribution in [3.63, 3.8) is 0 Å². The van der Waals surface area contributed by atoms with Gasteiger partial charge in [0.15, 0.2) is 5.96 Å². The number of benzene rings is 1. The predicted octanol–water partition coefficient (Wildman–Crippen LogP) is 1.44. The summed E-state index contributed by atoms with van der Waals surface area (Å²) in [6, 6.07) is 7.72. The van der Waals surface area contributed by atoms with E-state index in [4.69, 9.17) is 5.73 Å². The molecule has 0 radical (unpaired) electrons. The topological polar surface area (TPSA) is 96.6 Å². The molecule has 122 valence electrons. The molecule has 0 spiro atoms. The third-order valence-electron chi connectivity index (χ3n) is 3.78. The van der Waals surface area contributed by atoms with Crippen LogP contribution in [-0.4, -0.2) is 33.2 Å². The molecule has 6 nitrogen and oxygen atoms in total. The lowest BCUT2D eigenvalue weighted by molar-refractivity contribution is 0.316. The van der Waals surface area contributed by atoms with Crippen molar-refractivity contribution in [2.75, 3.05) is 24.2 Å². The van der Waals surface area contributed by atoms with Gasteiger partial charge in [-0.05, 0) is 37.8 Å². The fourth-order valence-corrected chi connectivity index (χ4v) is 3.09. The number of nitrogens with one attached hydrogen (secondary N) is 2. The average molecular weight is 324 g/mol. The molecule has 7 heteroatoms. The summed E-state index contributed by atoms with van der Waals surface area (Å²) in [6.45, 7) is 2.69. The molecule has 0 saturated heterocycles. The molecule has 0 heterocycles. The Morgan fingerprint density at radius 1 is 1.32 bits per heavy atom. The first-order valence-electron chi connectivity index (χ1n) is 7.55. The van der Waals surface area contributed by atoms with Gasteiger partial charge in [0.25, 0.3) is 0 Å². The highest BCUT2D eigenvalue weighted by Crippen LogP contribution is 2.25. The molecule has 0 amide bonds. The molecule has 2 rings (SSSR count). The molecule has 0 aliphatic heterocycles. The first-order chi connectivity index (χ1) is 10.4. The van der Waals surface area contributed by atoms with Crippen molar-refractivity contribution in [3.8, 4) is 0 Å². The van der Waals surface area contributed by atoms with E-state index in [1.165, 1.54) is 6.42 Å². The summed E-state index contributed by atoms with van der Waals surface area (Å²) in [6.07, 6.45) is 3.44. The van der Waals surface area contributed by atoms with Crippen molar-refractivity contribution >= 4 is 21.7 Å². The number of aliphatic imine (C=N–C) groups is 1. The fourth-order valence-electron chi connectivity index (χ4n) is 2.12. The standard InChI is InChI=1S/C15H24N4O2S/c1-12-5-7-14(8-6-12)19-15(16)17-9-10-22(20,21)18-11-13-3-2-4-13/h5-8,13,18H,2-4,9-11H2,1H3,(H3,16,17,19). The highest BCUT2D eigenvalue weighted by molar-refractivity contribution is 7.89. The summed E-state index contributed by atoms with van der Waals surface area (Å²) in [7, 11) is -3.27. The Bertz CT molecular complexity index is 607. The molecule has 1 aromatic rings. The number of sulfonamides is 1. The van der Waals surface area contributed by atoms with E-state index in [9.17, 15) is 8.42 Å². The van der Waals surface area contributed by atoms with Gasteiger partial charge in [0.2, 0.25) is 10.0 Å². The first-order valence-corrected chi connectivity index (χ1v) is 9.21. The van der Waals surface area contributed by atoms with E-state index in [0.29, 0.717) is 12.5 Å². The summed E-state index contributed by atoms with van der Waals surface area (Å²) < 4.78 is 26.3. The third kappa shape index (κ3) is 5.65. The summed E-state index contributed by atoms with van der Waals surface area (Å²) in [4.78, 5) is 4.05. The van der Waals surface area contributed by atoms with Gasteiger partial charge < -0.3 is 11.1 Å². The number of hydrogen-bond donors (Lipinski definition) is 3. The van der Waals surface area contributed by atoms with Crippen LogP contribution in [0.5, 0.6) is 0 Å². The van der Waals surface area contributed by atoms with E-state index in [0.717, 1.165) is 24.1 Å². The van der Waals surface area contributed by atoms with Gasteiger partial charge in [-0.15, -0.1) is 0 Å². The van der Waals surface area contributed by atoms with E-state index in [2.05, 4.69) is 15.0 Å². The van der Waals surface area contributed by atoms with E-state index in [1.54, 1.807) is 0 Å². The van der Waals surface area contributed by atoms with E-state index in [1.807, 2.05) is 31.2 Å². The predicted molar refractivity (Wildman–Crippen MR) is 90.4 cm³/mol. The second-order valence-corrected chi connectivity index (χ2v) is 7.65. The van der Waals surface area contributed by atoms with Crippen LogP contribution in [0.4, 0.5) is 5.69 Å². The van der Waals surface area contributed by atoms with E-state index in [-0.39, 0.29) is 18.3 Å². The summed E-state index contributed by atoms with van der Waals surface area (Å²) >= 11 is 0. The SMILES string of the molecule is Cc1ccc(NC(N)=NCCS(=O)(=O)NCC2CCC2)cc1. The van der Waals surface area contributed by atoms with Crippen molar-refractivity contribution in [3.05, 3.63) is 29.8 Å². The minimum absolute atomic E-state index is 0.0456. The number of anilines is 1. The minimum atomic E-state index is -3.27. The van der Waals surface area contributed by atoms with Crippen LogP contribution in [0.1, 0.15) is 24.8 Å². The molecule has 0 atom stereocenters. The highest BCUT2D eigenvalue weighted by Gasteiger charge is 2.19. The second kappa shape index (κ2) is 7.60. The highest BCUT2D eigenvalue weighted by atomic mass is 32.2. The molecule has 0 aromatic heterocycles. The van der Waals surface area contributed by atoms with Crippen LogP contribution < -0.4 is 15.8 Å². The van der Waals surface area contributed by atoms with Crippen LogP contribution >= 0.6 is 0 Å². The van der Waals surface area contributed by atoms with Crippen molar-refractivity contribution in [2.24, 2.45) is 16.6 Å². The number of nitrogens with two attached hydrogens (primary N) is 1. The van der Waals surface area contributed by atoms with Gasteiger partial charge in [-0.25, -0.2) is 13.1 Å². The number of aryl methyl sites for hydroxylation is 1. The quantitative estimate of drug-likeness (QED) is 0.522. The fraction of sp³-hybridized carbons (Fsp3) is 0.533. The lowest BCUT2D eigenvalue weighted by atomic mass is 9.86. The Labute approximate surface area is 132 Å². The molecule has 1 fully saturated rings. The van der Waals surface area contributed by atoms with Gasteiger partial charge in [0, 0.05) is 12.2 Å². The number of guanidine groups is 1. The van der Waals surface area contributed by atoms with Crippen molar-refractivity contribution < 1.29 is 8.42 Å². The molecular formula is C15H24N4O2S. The summed E-state index contributed by atoms with van der Waals surface area (Å²) in [5.74, 6) is 0.681. The molecule has 1 saturated carbocycles. The van der Waals surface area contributed by atoms with Crippen LogP contribution in [-0.2, 0) is 10.0 Å². The zero-order valence-electron chi connectivity index (χ0n) is 12.9. The average Bonchev–Trinajstić information content (AvgIpc) is 2.39. The minimum Gasteiger partial charge on any atom is -0.370 e. The van der Waals surface area contributed by atoms with Crippen molar-refractivity contribution in [1.29, 1.82) is 0 Å². The number of hydrogen-bond acceptors (Lipinski definition) is 3. The van der Waals surface area contributed by atoms with E-state index >= 15 is 0 Å². The molecule has 0 bridgehead atoms. The van der Waals surface area contributed by atoms with Crippen molar-refractivity contribution in [2.45, 2.75) is 26.2 Å².